The van der Waals surface area contributed by atoms with Crippen LogP contribution in [0.25, 0.3) is 15.9 Å². The molecule has 0 atom stereocenters. The Kier molecular flexibility index (Phi) is 7.50. The van der Waals surface area contributed by atoms with E-state index in [0.717, 1.165) is 34.4 Å². The smallest absolute Gasteiger partial charge is 0.409 e. The van der Waals surface area contributed by atoms with Crippen molar-refractivity contribution < 1.29 is 14.3 Å². The number of nitrogens with zero attached hydrogens (tertiary/aromatic N) is 5. The first kappa shape index (κ1) is 25.0. The van der Waals surface area contributed by atoms with Gasteiger partial charge in [-0.15, -0.1) is 0 Å². The maximum absolute atomic E-state index is 13.9. The number of hydrogen-bond donors (Lipinski definition) is 0. The molecule has 1 aliphatic heterocycles. The van der Waals surface area contributed by atoms with Gasteiger partial charge in [0.2, 0.25) is 5.91 Å². The predicted molar refractivity (Wildman–Crippen MR) is 145 cm³/mol. The molecule has 4 aromatic rings. The van der Waals surface area contributed by atoms with Crippen LogP contribution in [0.3, 0.4) is 0 Å². The van der Waals surface area contributed by atoms with E-state index in [1.54, 1.807) is 27.5 Å². The molecule has 2 aromatic heterocycles. The lowest BCUT2D eigenvalue weighted by Crippen LogP contribution is -2.44. The van der Waals surface area contributed by atoms with Crippen molar-refractivity contribution in [2.75, 3.05) is 25.1 Å². The molecule has 8 nitrogen and oxygen atoms in total. The van der Waals surface area contributed by atoms with Crippen molar-refractivity contribution in [2.45, 2.75) is 39.2 Å². The van der Waals surface area contributed by atoms with Gasteiger partial charge in [0, 0.05) is 30.9 Å². The van der Waals surface area contributed by atoms with Crippen molar-refractivity contribution >= 4 is 38.7 Å². The van der Waals surface area contributed by atoms with Crippen LogP contribution in [-0.2, 0) is 22.5 Å². The number of imidazole rings is 1. The molecule has 0 saturated carbocycles. The number of piperidine rings is 1. The lowest BCUT2D eigenvalue weighted by atomic mass is 9.95. The predicted octanol–water partition coefficient (Wildman–Crippen LogP) is 5.45. The van der Waals surface area contributed by atoms with Crippen LogP contribution in [0.15, 0.2) is 61.1 Å². The molecule has 0 N–H and O–H groups in total. The van der Waals surface area contributed by atoms with E-state index in [-0.39, 0.29) is 17.9 Å². The molecule has 0 unspecified atom stereocenters. The minimum Gasteiger partial charge on any atom is -0.453 e. The van der Waals surface area contributed by atoms with E-state index in [4.69, 9.17) is 9.72 Å². The molecule has 0 bridgehead atoms. The number of anilines is 1. The largest absolute Gasteiger partial charge is 0.453 e. The first-order valence-corrected chi connectivity index (χ1v) is 13.5. The number of ether oxygens (including phenoxy) is 1. The fourth-order valence-corrected chi connectivity index (χ4v) is 5.80. The fourth-order valence-electron chi connectivity index (χ4n) is 4.76. The number of hydrogen-bond acceptors (Lipinski definition) is 6. The van der Waals surface area contributed by atoms with Crippen molar-refractivity contribution in [3.63, 3.8) is 0 Å². The molecule has 1 saturated heterocycles. The Labute approximate surface area is 220 Å². The van der Waals surface area contributed by atoms with Crippen LogP contribution in [0.2, 0.25) is 0 Å². The molecule has 1 aliphatic rings. The van der Waals surface area contributed by atoms with Gasteiger partial charge in [0.05, 0.1) is 35.9 Å². The Morgan fingerprint density at radius 1 is 1.14 bits per heavy atom. The van der Waals surface area contributed by atoms with Crippen LogP contribution in [0.1, 0.15) is 37.4 Å². The summed E-state index contributed by atoms with van der Waals surface area (Å²) in [5, 5.41) is 0.679. The molecule has 0 radical (unpaired) electrons. The number of aryl methyl sites for hydroxylation is 1. The maximum Gasteiger partial charge on any atom is 0.409 e. The monoisotopic (exact) mass is 517 g/mol. The number of likely N-dealkylation sites (tertiary alicyclic amines) is 1. The number of carbonyl (C=O) groups is 2. The number of aromatic nitrogens is 3. The normalized spacial score (nSPS) is 14.2. The summed E-state index contributed by atoms with van der Waals surface area (Å²) in [7, 11) is 1.38. The van der Waals surface area contributed by atoms with Crippen LogP contribution in [0, 0.1) is 5.92 Å². The van der Waals surface area contributed by atoms with Gasteiger partial charge in [-0.25, -0.2) is 14.8 Å². The summed E-state index contributed by atoms with van der Waals surface area (Å²) in [4.78, 5) is 38.7. The van der Waals surface area contributed by atoms with Crippen LogP contribution in [-0.4, -0.2) is 51.6 Å². The second kappa shape index (κ2) is 11.1. The lowest BCUT2D eigenvalue weighted by molar-refractivity contribution is -0.123. The summed E-state index contributed by atoms with van der Waals surface area (Å²) in [6.07, 6.45) is 6.67. The van der Waals surface area contributed by atoms with E-state index >= 15 is 0 Å². The molecule has 3 heterocycles. The van der Waals surface area contributed by atoms with Gasteiger partial charge in [0.15, 0.2) is 5.13 Å². The number of amides is 2. The van der Waals surface area contributed by atoms with E-state index in [1.807, 2.05) is 47.2 Å². The standard InChI is InChI=1S/C28H31N5O3S/c1-3-7-20-10-11-24-25(16-20)37-27(30-24)33(26(34)21-12-14-31(15-13-21)28(35)36-2)18-22-17-32(19-29-22)23-8-5-4-6-9-23/h4-6,8-11,16-17,19,21H,3,7,12-15,18H2,1-2H3. The highest BCUT2D eigenvalue weighted by atomic mass is 32.1. The third kappa shape index (κ3) is 5.51. The number of methoxy groups -OCH3 is 1. The first-order valence-electron chi connectivity index (χ1n) is 12.7. The molecule has 9 heteroatoms. The Morgan fingerprint density at radius 2 is 1.92 bits per heavy atom. The molecule has 5 rings (SSSR count). The van der Waals surface area contributed by atoms with Gasteiger partial charge in [-0.2, -0.15) is 0 Å². The Balaban J connectivity index is 1.42. The molecular weight excluding hydrogens is 486 g/mol. The summed E-state index contributed by atoms with van der Waals surface area (Å²) >= 11 is 1.54. The zero-order valence-electron chi connectivity index (χ0n) is 21.2. The third-order valence-electron chi connectivity index (χ3n) is 6.76. The van der Waals surface area contributed by atoms with E-state index in [2.05, 4.69) is 24.0 Å². The zero-order chi connectivity index (χ0) is 25.8. The first-order chi connectivity index (χ1) is 18.1. The molecule has 2 amide bonds. The van der Waals surface area contributed by atoms with E-state index in [0.29, 0.717) is 37.6 Å². The van der Waals surface area contributed by atoms with Gasteiger partial charge in [-0.05, 0) is 49.1 Å². The average Bonchev–Trinajstić information content (AvgIpc) is 3.58. The molecule has 0 spiro atoms. The van der Waals surface area contributed by atoms with E-state index < -0.39 is 0 Å². The Hall–Kier alpha value is -3.72. The SMILES string of the molecule is CCCc1ccc2nc(N(Cc3cn(-c4ccccc4)cn3)C(=O)C3CCN(C(=O)OC)CC3)sc2c1. The fraction of sp³-hybridized carbons (Fsp3) is 0.357. The van der Waals surface area contributed by atoms with Gasteiger partial charge in [-0.1, -0.05) is 48.9 Å². The van der Waals surface area contributed by atoms with Crippen LogP contribution >= 0.6 is 11.3 Å². The maximum atomic E-state index is 13.9. The zero-order valence-corrected chi connectivity index (χ0v) is 22.0. The van der Waals surface area contributed by atoms with Crippen molar-refractivity contribution in [3.05, 3.63) is 72.3 Å². The number of carbonyl (C=O) groups excluding carboxylic acids is 2. The molecule has 192 valence electrons. The highest BCUT2D eigenvalue weighted by Crippen LogP contribution is 2.33. The number of benzene rings is 2. The number of fused-ring (bicyclic) bond motifs is 1. The minimum atomic E-state index is -0.344. The quantitative estimate of drug-likeness (QED) is 0.326. The van der Waals surface area contributed by atoms with Gasteiger partial charge in [-0.3, -0.25) is 9.69 Å². The summed E-state index contributed by atoms with van der Waals surface area (Å²) in [5.74, 6) is -0.175. The highest BCUT2D eigenvalue weighted by molar-refractivity contribution is 7.22. The van der Waals surface area contributed by atoms with Crippen molar-refractivity contribution in [2.24, 2.45) is 5.92 Å². The topological polar surface area (TPSA) is 80.6 Å². The summed E-state index contributed by atoms with van der Waals surface area (Å²) in [5.41, 5.74) is 3.97. The molecule has 37 heavy (non-hydrogen) atoms. The number of rotatable bonds is 7. The minimum absolute atomic E-state index is 0.0200. The Morgan fingerprint density at radius 3 is 2.65 bits per heavy atom. The van der Waals surface area contributed by atoms with Crippen LogP contribution in [0.5, 0.6) is 0 Å². The van der Waals surface area contributed by atoms with Crippen molar-refractivity contribution in [1.29, 1.82) is 0 Å². The Bertz CT molecular complexity index is 1370. The van der Waals surface area contributed by atoms with Gasteiger partial charge in [0.1, 0.15) is 0 Å². The molecule has 0 aliphatic carbocycles. The van der Waals surface area contributed by atoms with Crippen LogP contribution in [0.4, 0.5) is 9.93 Å². The van der Waals surface area contributed by atoms with Crippen molar-refractivity contribution in [3.8, 4) is 5.69 Å². The summed E-state index contributed by atoms with van der Waals surface area (Å²) in [6, 6.07) is 16.3. The van der Waals surface area contributed by atoms with E-state index in [9.17, 15) is 9.59 Å². The molecular formula is C28H31N5O3S. The second-order valence-corrected chi connectivity index (χ2v) is 10.3. The second-order valence-electron chi connectivity index (χ2n) is 9.31. The van der Waals surface area contributed by atoms with Gasteiger partial charge >= 0.3 is 6.09 Å². The number of para-hydroxylation sites is 1. The molecule has 1 fully saturated rings. The molecule has 2 aromatic carbocycles. The van der Waals surface area contributed by atoms with Gasteiger partial charge < -0.3 is 14.2 Å². The number of thiazole rings is 1. The van der Waals surface area contributed by atoms with Gasteiger partial charge in [0.25, 0.3) is 0 Å². The average molecular weight is 518 g/mol. The van der Waals surface area contributed by atoms with Crippen LogP contribution < -0.4 is 4.90 Å². The summed E-state index contributed by atoms with van der Waals surface area (Å²) < 4.78 is 7.89. The van der Waals surface area contributed by atoms with E-state index in [1.165, 1.54) is 12.7 Å². The summed E-state index contributed by atoms with van der Waals surface area (Å²) in [6.45, 7) is 3.50. The lowest BCUT2D eigenvalue weighted by Gasteiger charge is -2.32. The third-order valence-corrected chi connectivity index (χ3v) is 7.81. The highest BCUT2D eigenvalue weighted by Gasteiger charge is 2.32. The van der Waals surface area contributed by atoms with Crippen molar-refractivity contribution in [1.82, 2.24) is 19.4 Å².